The van der Waals surface area contributed by atoms with Crippen molar-refractivity contribution in [1.29, 1.82) is 0 Å². The maximum absolute atomic E-state index is 12.0. The Bertz CT molecular complexity index is 801. The lowest BCUT2D eigenvalue weighted by Gasteiger charge is -2.11. The van der Waals surface area contributed by atoms with Crippen LogP contribution in [0.3, 0.4) is 0 Å². The molecule has 2 aromatic rings. The van der Waals surface area contributed by atoms with Gasteiger partial charge in [0.05, 0.1) is 12.3 Å². The van der Waals surface area contributed by atoms with Crippen LogP contribution in [0.2, 0.25) is 0 Å². The van der Waals surface area contributed by atoms with Gasteiger partial charge >= 0.3 is 0 Å². The fraction of sp³-hybridized carbons (Fsp3) is 0.500. The van der Waals surface area contributed by atoms with E-state index in [1.54, 1.807) is 25.4 Å². The average molecular weight is 364 g/mol. The van der Waals surface area contributed by atoms with Crippen molar-refractivity contribution in [2.24, 2.45) is 0 Å². The molecular formula is C16H20N4O2S2. The van der Waals surface area contributed by atoms with E-state index in [1.807, 2.05) is 6.92 Å². The minimum atomic E-state index is -0.161. The quantitative estimate of drug-likeness (QED) is 0.647. The molecule has 1 aliphatic carbocycles. The first-order valence-electron chi connectivity index (χ1n) is 7.84. The van der Waals surface area contributed by atoms with Crippen LogP contribution in [0.5, 0.6) is 0 Å². The summed E-state index contributed by atoms with van der Waals surface area (Å²) in [6.45, 7) is 1.91. The zero-order valence-corrected chi connectivity index (χ0v) is 15.6. The van der Waals surface area contributed by atoms with Crippen LogP contribution in [0.25, 0.3) is 10.2 Å². The number of aryl methyl sites for hydroxylation is 3. The summed E-state index contributed by atoms with van der Waals surface area (Å²) in [6.07, 6.45) is 3.37. The van der Waals surface area contributed by atoms with E-state index in [9.17, 15) is 9.59 Å². The van der Waals surface area contributed by atoms with Crippen LogP contribution in [-0.4, -0.2) is 53.1 Å². The van der Waals surface area contributed by atoms with Crippen LogP contribution in [0.15, 0.2) is 5.03 Å². The van der Waals surface area contributed by atoms with Crippen LogP contribution in [-0.2, 0) is 22.4 Å². The molecule has 8 heteroatoms. The normalized spacial score (nSPS) is 13.1. The van der Waals surface area contributed by atoms with Crippen molar-refractivity contribution in [2.45, 2.75) is 31.2 Å². The first kappa shape index (κ1) is 17.2. The molecule has 0 bridgehead atoms. The summed E-state index contributed by atoms with van der Waals surface area (Å²) in [7, 11) is 3.33. The van der Waals surface area contributed by atoms with Crippen molar-refractivity contribution >= 4 is 45.1 Å². The molecule has 2 heterocycles. The molecule has 2 aromatic heterocycles. The predicted octanol–water partition coefficient (Wildman–Crippen LogP) is 1.78. The summed E-state index contributed by atoms with van der Waals surface area (Å²) in [5.41, 5.74) is 1.36. The number of nitrogens with zero attached hydrogens (tertiary/aromatic N) is 3. The van der Waals surface area contributed by atoms with E-state index in [2.05, 4.69) is 15.3 Å². The minimum absolute atomic E-state index is 0.0262. The van der Waals surface area contributed by atoms with Crippen molar-refractivity contribution in [3.8, 4) is 0 Å². The molecule has 6 nitrogen and oxygen atoms in total. The number of thioether (sulfide) groups is 1. The molecule has 0 spiro atoms. The van der Waals surface area contributed by atoms with Crippen molar-refractivity contribution < 1.29 is 9.59 Å². The van der Waals surface area contributed by atoms with E-state index in [1.165, 1.54) is 33.5 Å². The Labute approximate surface area is 149 Å². The van der Waals surface area contributed by atoms with Gasteiger partial charge in [0, 0.05) is 24.4 Å². The summed E-state index contributed by atoms with van der Waals surface area (Å²) in [6, 6.07) is 0. The maximum Gasteiger partial charge on any atom is 0.241 e. The van der Waals surface area contributed by atoms with Crippen molar-refractivity contribution in [1.82, 2.24) is 20.2 Å². The Kier molecular flexibility index (Phi) is 5.05. The molecule has 0 atom stereocenters. The molecule has 0 aromatic carbocycles. The van der Waals surface area contributed by atoms with Crippen molar-refractivity contribution in [3.05, 3.63) is 16.3 Å². The van der Waals surface area contributed by atoms with Crippen molar-refractivity contribution in [2.75, 3.05) is 26.4 Å². The number of nitrogens with one attached hydrogen (secondary N) is 1. The van der Waals surface area contributed by atoms with Gasteiger partial charge in [-0.15, -0.1) is 11.3 Å². The standard InChI is InChI=1S/C16H20N4O2S2/c1-9-18-15(23-8-12(21)17-7-13(22)20(2)3)14-10-5-4-6-11(10)24-16(14)19-9/h4-8H2,1-3H3,(H,17,21). The second kappa shape index (κ2) is 7.06. The first-order chi connectivity index (χ1) is 11.5. The highest BCUT2D eigenvalue weighted by molar-refractivity contribution is 8.00. The zero-order valence-electron chi connectivity index (χ0n) is 14.0. The van der Waals surface area contributed by atoms with Crippen LogP contribution in [0, 0.1) is 6.92 Å². The topological polar surface area (TPSA) is 75.2 Å². The summed E-state index contributed by atoms with van der Waals surface area (Å²) >= 11 is 3.17. The van der Waals surface area contributed by atoms with E-state index in [-0.39, 0.29) is 24.1 Å². The molecule has 0 aliphatic heterocycles. The molecule has 3 rings (SSSR count). The monoisotopic (exact) mass is 364 g/mol. The number of rotatable bonds is 5. The zero-order chi connectivity index (χ0) is 17.3. The Balaban J connectivity index is 1.71. The van der Waals surface area contributed by atoms with Crippen LogP contribution < -0.4 is 5.32 Å². The lowest BCUT2D eigenvalue weighted by atomic mass is 10.2. The van der Waals surface area contributed by atoms with Gasteiger partial charge in [-0.2, -0.15) is 0 Å². The average Bonchev–Trinajstić information content (AvgIpc) is 3.10. The predicted molar refractivity (Wildman–Crippen MR) is 96.6 cm³/mol. The summed E-state index contributed by atoms with van der Waals surface area (Å²) in [5, 5.41) is 4.66. The number of carbonyl (C=O) groups is 2. The maximum atomic E-state index is 12.0. The number of carbonyl (C=O) groups excluding carboxylic acids is 2. The minimum Gasteiger partial charge on any atom is -0.347 e. The van der Waals surface area contributed by atoms with Crippen LogP contribution >= 0.6 is 23.1 Å². The molecule has 1 aliphatic rings. The lowest BCUT2D eigenvalue weighted by molar-refractivity contribution is -0.130. The molecular weight excluding hydrogens is 344 g/mol. The number of hydrogen-bond donors (Lipinski definition) is 1. The fourth-order valence-electron chi connectivity index (χ4n) is 2.69. The molecule has 0 saturated carbocycles. The smallest absolute Gasteiger partial charge is 0.241 e. The van der Waals surface area contributed by atoms with Crippen LogP contribution in [0.4, 0.5) is 0 Å². The molecule has 24 heavy (non-hydrogen) atoms. The number of hydrogen-bond acceptors (Lipinski definition) is 6. The fourth-order valence-corrected chi connectivity index (χ4v) is 4.99. The molecule has 0 saturated heterocycles. The van der Waals surface area contributed by atoms with E-state index >= 15 is 0 Å². The second-order valence-corrected chi connectivity index (χ2v) is 8.01. The van der Waals surface area contributed by atoms with Gasteiger partial charge in [-0.25, -0.2) is 9.97 Å². The Hall–Kier alpha value is -1.67. The largest absolute Gasteiger partial charge is 0.347 e. The van der Waals surface area contributed by atoms with Crippen molar-refractivity contribution in [3.63, 3.8) is 0 Å². The van der Waals surface area contributed by atoms with Crippen LogP contribution in [0.1, 0.15) is 22.7 Å². The molecule has 0 radical (unpaired) electrons. The van der Waals surface area contributed by atoms with Gasteiger partial charge in [0.15, 0.2) is 0 Å². The first-order valence-corrected chi connectivity index (χ1v) is 9.64. The van der Waals surface area contributed by atoms with E-state index in [0.29, 0.717) is 0 Å². The van der Waals surface area contributed by atoms with Gasteiger partial charge < -0.3 is 10.2 Å². The highest BCUT2D eigenvalue weighted by atomic mass is 32.2. The third-order valence-corrected chi connectivity index (χ3v) is 6.08. The third kappa shape index (κ3) is 3.54. The second-order valence-electron chi connectivity index (χ2n) is 5.97. The number of thiophene rings is 1. The Morgan fingerprint density at radius 2 is 2.08 bits per heavy atom. The third-order valence-electron chi connectivity index (χ3n) is 3.92. The SMILES string of the molecule is Cc1nc(SCC(=O)NCC(=O)N(C)C)c2c3c(sc2n1)CCC3. The highest BCUT2D eigenvalue weighted by Crippen LogP contribution is 2.40. The molecule has 0 unspecified atom stereocenters. The Morgan fingerprint density at radius 3 is 2.83 bits per heavy atom. The van der Waals surface area contributed by atoms with E-state index in [4.69, 9.17) is 0 Å². The van der Waals surface area contributed by atoms with Gasteiger partial charge in [-0.1, -0.05) is 11.8 Å². The van der Waals surface area contributed by atoms with Gasteiger partial charge in [0.2, 0.25) is 11.8 Å². The Morgan fingerprint density at radius 1 is 1.29 bits per heavy atom. The number of likely N-dealkylation sites (N-methyl/N-ethyl adjacent to an activating group) is 1. The molecule has 2 amide bonds. The molecule has 128 valence electrons. The van der Waals surface area contributed by atoms with Gasteiger partial charge in [-0.05, 0) is 31.7 Å². The summed E-state index contributed by atoms with van der Waals surface area (Å²) < 4.78 is 0. The summed E-state index contributed by atoms with van der Waals surface area (Å²) in [4.78, 5) is 36.5. The van der Waals surface area contributed by atoms with E-state index < -0.39 is 0 Å². The highest BCUT2D eigenvalue weighted by Gasteiger charge is 2.22. The number of fused-ring (bicyclic) bond motifs is 3. The summed E-state index contributed by atoms with van der Waals surface area (Å²) in [5.74, 6) is 0.695. The van der Waals surface area contributed by atoms with E-state index in [0.717, 1.165) is 33.9 Å². The number of aromatic nitrogens is 2. The molecule has 1 N–H and O–H groups in total. The molecule has 0 fully saturated rings. The van der Waals surface area contributed by atoms with Gasteiger partial charge in [0.1, 0.15) is 15.7 Å². The number of amides is 2. The van der Waals surface area contributed by atoms with Gasteiger partial charge in [-0.3, -0.25) is 9.59 Å². The van der Waals surface area contributed by atoms with Gasteiger partial charge in [0.25, 0.3) is 0 Å². The lowest BCUT2D eigenvalue weighted by Crippen LogP contribution is -2.36.